The van der Waals surface area contributed by atoms with E-state index in [0.717, 1.165) is 12.1 Å². The fraction of sp³-hybridized carbons (Fsp3) is 0.267. The second-order valence-corrected chi connectivity index (χ2v) is 5.35. The molecule has 0 radical (unpaired) electrons. The fourth-order valence-corrected chi connectivity index (χ4v) is 2.99. The van der Waals surface area contributed by atoms with Crippen LogP contribution in [0.2, 0.25) is 0 Å². The van der Waals surface area contributed by atoms with Gasteiger partial charge in [0.05, 0.1) is 6.04 Å². The Morgan fingerprint density at radius 3 is 2.86 bits per heavy atom. The van der Waals surface area contributed by atoms with Gasteiger partial charge in [-0.2, -0.15) is 0 Å². The molecule has 1 aromatic carbocycles. The zero-order valence-corrected chi connectivity index (χ0v) is 11.6. The molecular weight excluding hydrogens is 287 g/mol. The van der Waals surface area contributed by atoms with E-state index in [1.54, 1.807) is 18.2 Å². The minimum absolute atomic E-state index is 0.0107. The first-order valence-electron chi connectivity index (χ1n) is 7.11. The van der Waals surface area contributed by atoms with Crippen LogP contribution >= 0.6 is 0 Å². The highest BCUT2D eigenvalue weighted by Crippen LogP contribution is 2.39. The average molecular weight is 300 g/mol. The zero-order chi connectivity index (χ0) is 15.1. The fourth-order valence-electron chi connectivity index (χ4n) is 2.99. The number of aromatic nitrogens is 2. The summed E-state index contributed by atoms with van der Waals surface area (Å²) in [5.41, 5.74) is 1.71. The summed E-state index contributed by atoms with van der Waals surface area (Å²) >= 11 is 0. The third-order valence-corrected chi connectivity index (χ3v) is 4.00. The molecule has 2 N–H and O–H groups in total. The number of benzene rings is 1. The van der Waals surface area contributed by atoms with E-state index in [-0.39, 0.29) is 11.6 Å². The van der Waals surface area contributed by atoms with Crippen LogP contribution in [0.25, 0.3) is 0 Å². The molecule has 0 fully saturated rings. The molecular formula is C15H13FN4O2. The molecule has 22 heavy (non-hydrogen) atoms. The van der Waals surface area contributed by atoms with Gasteiger partial charge in [-0.05, 0) is 29.2 Å². The standard InChI is InChI=1S/C15H13FN4O2/c16-9-5-2-1-4-8(9)13-12-10(6-3-7-11(12)21)17-14-15(18-13)20-22-19-14/h1-2,4-5,13H,3,6-7H2,(H,17,19)(H,18,20)/t13-/m0/s1. The van der Waals surface area contributed by atoms with E-state index in [2.05, 4.69) is 20.9 Å². The summed E-state index contributed by atoms with van der Waals surface area (Å²) in [6.07, 6.45) is 1.93. The Kier molecular flexibility index (Phi) is 2.92. The Morgan fingerprint density at radius 1 is 1.18 bits per heavy atom. The number of halogens is 1. The van der Waals surface area contributed by atoms with Crippen molar-refractivity contribution in [1.29, 1.82) is 0 Å². The number of nitrogens with one attached hydrogen (secondary N) is 2. The maximum absolute atomic E-state index is 14.2. The van der Waals surface area contributed by atoms with Crippen molar-refractivity contribution in [2.45, 2.75) is 25.3 Å². The lowest BCUT2D eigenvalue weighted by molar-refractivity contribution is -0.116. The predicted octanol–water partition coefficient (Wildman–Crippen LogP) is 2.79. The Balaban J connectivity index is 1.90. The second-order valence-electron chi connectivity index (χ2n) is 5.35. The van der Waals surface area contributed by atoms with Gasteiger partial charge < -0.3 is 10.6 Å². The molecule has 1 aliphatic heterocycles. The van der Waals surface area contributed by atoms with E-state index < -0.39 is 6.04 Å². The first-order chi connectivity index (χ1) is 10.7. The third-order valence-electron chi connectivity index (χ3n) is 4.00. The molecule has 0 bridgehead atoms. The number of Topliss-reactive ketones (excluding diaryl/α,β-unsaturated/α-hetero) is 1. The number of ketones is 1. The number of fused-ring (bicyclic) bond motifs is 1. The lowest BCUT2D eigenvalue weighted by Crippen LogP contribution is -2.24. The van der Waals surface area contributed by atoms with Crippen LogP contribution in [0, 0.1) is 5.82 Å². The van der Waals surface area contributed by atoms with E-state index in [1.165, 1.54) is 6.07 Å². The quantitative estimate of drug-likeness (QED) is 0.843. The summed E-state index contributed by atoms with van der Waals surface area (Å²) in [6.45, 7) is 0. The number of hydrogen-bond acceptors (Lipinski definition) is 6. The van der Waals surface area contributed by atoms with Crippen LogP contribution in [-0.2, 0) is 4.79 Å². The highest BCUT2D eigenvalue weighted by molar-refractivity contribution is 6.00. The van der Waals surface area contributed by atoms with Crippen LogP contribution < -0.4 is 10.6 Å². The smallest absolute Gasteiger partial charge is 0.219 e. The molecule has 0 saturated carbocycles. The van der Waals surface area contributed by atoms with Crippen molar-refractivity contribution in [3.05, 3.63) is 46.9 Å². The molecule has 4 rings (SSSR count). The summed E-state index contributed by atoms with van der Waals surface area (Å²) in [7, 11) is 0. The number of allylic oxidation sites excluding steroid dienone is 1. The number of anilines is 2. The van der Waals surface area contributed by atoms with Gasteiger partial charge in [0.25, 0.3) is 0 Å². The lowest BCUT2D eigenvalue weighted by atomic mass is 9.86. The van der Waals surface area contributed by atoms with Crippen molar-refractivity contribution in [2.24, 2.45) is 0 Å². The van der Waals surface area contributed by atoms with Crippen LogP contribution in [-0.4, -0.2) is 16.1 Å². The van der Waals surface area contributed by atoms with Crippen molar-refractivity contribution in [2.75, 3.05) is 10.6 Å². The number of rotatable bonds is 1. The molecule has 1 aliphatic carbocycles. The number of nitrogens with zero attached hydrogens (tertiary/aromatic N) is 2. The first-order valence-corrected chi connectivity index (χ1v) is 7.11. The van der Waals surface area contributed by atoms with Crippen molar-refractivity contribution >= 4 is 17.4 Å². The Bertz CT molecular complexity index is 783. The molecule has 2 aromatic rings. The van der Waals surface area contributed by atoms with E-state index in [1.807, 2.05) is 0 Å². The van der Waals surface area contributed by atoms with Crippen LogP contribution in [0.3, 0.4) is 0 Å². The molecule has 0 spiro atoms. The van der Waals surface area contributed by atoms with Crippen molar-refractivity contribution in [3.8, 4) is 0 Å². The molecule has 1 atom stereocenters. The van der Waals surface area contributed by atoms with Gasteiger partial charge in [0, 0.05) is 23.3 Å². The van der Waals surface area contributed by atoms with E-state index in [4.69, 9.17) is 4.63 Å². The van der Waals surface area contributed by atoms with Crippen LogP contribution in [0.15, 0.2) is 40.2 Å². The van der Waals surface area contributed by atoms with Gasteiger partial charge in [-0.1, -0.05) is 18.2 Å². The molecule has 2 aliphatic rings. The summed E-state index contributed by atoms with van der Waals surface area (Å²) < 4.78 is 19.0. The molecule has 0 saturated heterocycles. The highest BCUT2D eigenvalue weighted by atomic mass is 19.1. The number of carbonyl (C=O) groups is 1. The summed E-state index contributed by atoms with van der Waals surface area (Å²) in [4.78, 5) is 12.4. The number of carbonyl (C=O) groups excluding carboxylic acids is 1. The van der Waals surface area contributed by atoms with Crippen LogP contribution in [0.4, 0.5) is 16.0 Å². The van der Waals surface area contributed by atoms with E-state index in [9.17, 15) is 9.18 Å². The van der Waals surface area contributed by atoms with Crippen molar-refractivity contribution in [3.63, 3.8) is 0 Å². The minimum Gasteiger partial charge on any atom is -0.353 e. The van der Waals surface area contributed by atoms with Gasteiger partial charge >= 0.3 is 0 Å². The first kappa shape index (κ1) is 13.0. The lowest BCUT2D eigenvalue weighted by Gasteiger charge is -2.25. The second kappa shape index (κ2) is 4.94. The SMILES string of the molecule is O=C1CCCC2=C1[C@H](c1ccccc1F)Nc1nonc1N2. The Morgan fingerprint density at radius 2 is 2.00 bits per heavy atom. The van der Waals surface area contributed by atoms with Gasteiger partial charge in [-0.25, -0.2) is 9.02 Å². The van der Waals surface area contributed by atoms with Gasteiger partial charge in [0.2, 0.25) is 11.6 Å². The van der Waals surface area contributed by atoms with Gasteiger partial charge in [0.15, 0.2) is 5.78 Å². The van der Waals surface area contributed by atoms with Gasteiger partial charge in [-0.15, -0.1) is 0 Å². The Hall–Kier alpha value is -2.70. The summed E-state index contributed by atoms with van der Waals surface area (Å²) in [5, 5.41) is 13.7. The van der Waals surface area contributed by atoms with Crippen molar-refractivity contribution in [1.82, 2.24) is 10.3 Å². The summed E-state index contributed by atoms with van der Waals surface area (Å²) in [6, 6.07) is 5.80. The Labute approximate surface area is 125 Å². The molecule has 112 valence electrons. The number of hydrogen-bond donors (Lipinski definition) is 2. The van der Waals surface area contributed by atoms with Gasteiger partial charge in [-0.3, -0.25) is 4.79 Å². The zero-order valence-electron chi connectivity index (χ0n) is 11.6. The average Bonchev–Trinajstić information content (AvgIpc) is 2.87. The molecule has 6 nitrogen and oxygen atoms in total. The predicted molar refractivity (Wildman–Crippen MR) is 76.6 cm³/mol. The largest absolute Gasteiger partial charge is 0.353 e. The van der Waals surface area contributed by atoms with Gasteiger partial charge in [0.1, 0.15) is 5.82 Å². The molecule has 2 heterocycles. The topological polar surface area (TPSA) is 80.1 Å². The maximum atomic E-state index is 14.2. The molecule has 0 unspecified atom stereocenters. The maximum Gasteiger partial charge on any atom is 0.219 e. The monoisotopic (exact) mass is 300 g/mol. The highest BCUT2D eigenvalue weighted by Gasteiger charge is 2.34. The normalized spacial score (nSPS) is 20.6. The summed E-state index contributed by atoms with van der Waals surface area (Å²) in [5.74, 6) is 0.429. The molecule has 0 amide bonds. The third kappa shape index (κ3) is 1.97. The van der Waals surface area contributed by atoms with Crippen LogP contribution in [0.1, 0.15) is 30.9 Å². The van der Waals surface area contributed by atoms with E-state index >= 15 is 0 Å². The van der Waals surface area contributed by atoms with E-state index in [0.29, 0.717) is 35.6 Å². The van der Waals surface area contributed by atoms with Crippen LogP contribution in [0.5, 0.6) is 0 Å². The molecule has 1 aromatic heterocycles. The minimum atomic E-state index is -0.607. The van der Waals surface area contributed by atoms with Crippen molar-refractivity contribution < 1.29 is 13.8 Å². The molecule has 7 heteroatoms.